The van der Waals surface area contributed by atoms with E-state index in [1.54, 1.807) is 6.20 Å². The van der Waals surface area contributed by atoms with Gasteiger partial charge in [-0.2, -0.15) is 5.10 Å². The molecule has 1 N–H and O–H groups in total. The van der Waals surface area contributed by atoms with Gasteiger partial charge in [0.15, 0.2) is 0 Å². The lowest BCUT2D eigenvalue weighted by Crippen LogP contribution is -2.46. The highest BCUT2D eigenvalue weighted by Gasteiger charge is 2.39. The molecule has 2 aliphatic rings. The Morgan fingerprint density at radius 2 is 2.29 bits per heavy atom. The van der Waals surface area contributed by atoms with E-state index in [4.69, 9.17) is 0 Å². The molecule has 6 heteroatoms. The first-order chi connectivity index (χ1) is 10.3. The molecule has 2 atom stereocenters. The van der Waals surface area contributed by atoms with Crippen molar-refractivity contribution in [3.8, 4) is 11.4 Å². The minimum absolute atomic E-state index is 0.105. The topological polar surface area (TPSA) is 74.8 Å². The zero-order valence-corrected chi connectivity index (χ0v) is 11.9. The quantitative estimate of drug-likeness (QED) is 0.853. The predicted molar refractivity (Wildman–Crippen MR) is 76.3 cm³/mol. The molecule has 4 rings (SSSR count). The van der Waals surface area contributed by atoms with Crippen molar-refractivity contribution in [2.45, 2.75) is 44.7 Å². The Hall–Kier alpha value is -2.24. The minimum atomic E-state index is 0.105. The van der Waals surface area contributed by atoms with Crippen molar-refractivity contribution in [3.63, 3.8) is 0 Å². The second kappa shape index (κ2) is 4.65. The molecule has 6 nitrogen and oxygen atoms in total. The standard InChI is InChI=1S/C15H17N5O/c1-9-17-14(12-5-6-16-19-12)11-7-10-3-2-4-13(15(11)18-9)20(10)8-21/h5-6,8,10,13H,2-4,7H2,1H3,(H,16,19). The Bertz CT molecular complexity index is 682. The number of nitrogens with one attached hydrogen (secondary N) is 1. The number of piperidine rings is 1. The maximum atomic E-state index is 11.4. The van der Waals surface area contributed by atoms with Crippen molar-refractivity contribution in [2.75, 3.05) is 0 Å². The number of H-pyrrole nitrogens is 1. The molecule has 2 unspecified atom stereocenters. The average molecular weight is 283 g/mol. The van der Waals surface area contributed by atoms with Gasteiger partial charge in [-0.15, -0.1) is 0 Å². The number of carbonyl (C=O) groups is 1. The highest BCUT2D eigenvalue weighted by molar-refractivity contribution is 5.62. The van der Waals surface area contributed by atoms with Gasteiger partial charge in [-0.25, -0.2) is 9.97 Å². The Kier molecular flexibility index (Phi) is 2.77. The molecular formula is C15H17N5O. The van der Waals surface area contributed by atoms with Crippen molar-refractivity contribution in [3.05, 3.63) is 29.3 Å². The van der Waals surface area contributed by atoms with Gasteiger partial charge in [-0.1, -0.05) is 0 Å². The zero-order valence-electron chi connectivity index (χ0n) is 11.9. The molecule has 0 saturated carbocycles. The van der Waals surface area contributed by atoms with E-state index in [1.807, 2.05) is 17.9 Å². The number of hydrogen-bond donors (Lipinski definition) is 1. The zero-order chi connectivity index (χ0) is 14.4. The molecule has 0 spiro atoms. The normalized spacial score (nSPS) is 23.8. The van der Waals surface area contributed by atoms with Crippen molar-refractivity contribution < 1.29 is 4.79 Å². The van der Waals surface area contributed by atoms with Crippen LogP contribution in [0.25, 0.3) is 11.4 Å². The third kappa shape index (κ3) is 1.86. The van der Waals surface area contributed by atoms with Crippen LogP contribution in [0, 0.1) is 6.92 Å². The van der Waals surface area contributed by atoms with Crippen molar-refractivity contribution in [1.29, 1.82) is 0 Å². The number of nitrogens with zero attached hydrogens (tertiary/aromatic N) is 4. The lowest BCUT2D eigenvalue weighted by Gasteiger charge is -2.44. The molecule has 108 valence electrons. The molecule has 2 bridgehead atoms. The largest absolute Gasteiger partial charge is 0.333 e. The predicted octanol–water partition coefficient (Wildman–Crippen LogP) is 1.78. The van der Waals surface area contributed by atoms with Crippen molar-refractivity contribution >= 4 is 6.41 Å². The number of aromatic amines is 1. The summed E-state index contributed by atoms with van der Waals surface area (Å²) in [6, 6.07) is 2.32. The highest BCUT2D eigenvalue weighted by atomic mass is 16.1. The number of carbonyl (C=O) groups excluding carboxylic acids is 1. The molecule has 0 aliphatic carbocycles. The van der Waals surface area contributed by atoms with Gasteiger partial charge in [0.05, 0.1) is 23.1 Å². The smallest absolute Gasteiger partial charge is 0.210 e. The Morgan fingerprint density at radius 1 is 1.38 bits per heavy atom. The lowest BCUT2D eigenvalue weighted by atomic mass is 9.82. The monoisotopic (exact) mass is 283 g/mol. The van der Waals surface area contributed by atoms with Gasteiger partial charge in [-0.05, 0) is 38.7 Å². The Morgan fingerprint density at radius 3 is 3.05 bits per heavy atom. The molecule has 1 saturated heterocycles. The Balaban J connectivity index is 1.91. The van der Waals surface area contributed by atoms with Crippen LogP contribution in [0.15, 0.2) is 12.3 Å². The first-order valence-electron chi connectivity index (χ1n) is 7.38. The van der Waals surface area contributed by atoms with Gasteiger partial charge in [0.1, 0.15) is 5.82 Å². The van der Waals surface area contributed by atoms with E-state index < -0.39 is 0 Å². The fourth-order valence-corrected chi connectivity index (χ4v) is 3.68. The van der Waals surface area contributed by atoms with Gasteiger partial charge in [-0.3, -0.25) is 9.89 Å². The second-order valence-electron chi connectivity index (χ2n) is 5.81. The maximum Gasteiger partial charge on any atom is 0.210 e. The third-order valence-corrected chi connectivity index (χ3v) is 4.58. The van der Waals surface area contributed by atoms with E-state index in [1.165, 1.54) is 5.56 Å². The van der Waals surface area contributed by atoms with Crippen LogP contribution >= 0.6 is 0 Å². The molecule has 4 heterocycles. The van der Waals surface area contributed by atoms with E-state index in [0.717, 1.165) is 55.0 Å². The number of aryl methyl sites for hydroxylation is 1. The molecule has 2 aromatic heterocycles. The summed E-state index contributed by atoms with van der Waals surface area (Å²) in [5, 5.41) is 7.03. The molecular weight excluding hydrogens is 266 g/mol. The number of aromatic nitrogens is 4. The number of rotatable bonds is 2. The van der Waals surface area contributed by atoms with E-state index in [9.17, 15) is 4.79 Å². The summed E-state index contributed by atoms with van der Waals surface area (Å²) in [4.78, 5) is 22.7. The van der Waals surface area contributed by atoms with E-state index in [0.29, 0.717) is 0 Å². The SMILES string of the molecule is Cc1nc(-c2ccn[nH]2)c2c(n1)C1CCCC(C2)N1C=O. The number of hydrogen-bond acceptors (Lipinski definition) is 4. The summed E-state index contributed by atoms with van der Waals surface area (Å²) in [6.07, 6.45) is 6.76. The van der Waals surface area contributed by atoms with Crippen molar-refractivity contribution in [2.24, 2.45) is 0 Å². The van der Waals surface area contributed by atoms with Crippen LogP contribution < -0.4 is 0 Å². The van der Waals surface area contributed by atoms with Crippen LogP contribution in [-0.4, -0.2) is 37.5 Å². The van der Waals surface area contributed by atoms with E-state index in [-0.39, 0.29) is 12.1 Å². The molecule has 1 fully saturated rings. The van der Waals surface area contributed by atoms with Crippen LogP contribution in [0.1, 0.15) is 42.4 Å². The second-order valence-corrected chi connectivity index (χ2v) is 5.81. The lowest BCUT2D eigenvalue weighted by molar-refractivity contribution is -0.125. The summed E-state index contributed by atoms with van der Waals surface area (Å²) in [5.41, 5.74) is 4.07. The summed E-state index contributed by atoms with van der Waals surface area (Å²) < 4.78 is 0. The molecule has 0 aromatic carbocycles. The van der Waals surface area contributed by atoms with Gasteiger partial charge in [0, 0.05) is 17.8 Å². The van der Waals surface area contributed by atoms with E-state index in [2.05, 4.69) is 20.2 Å². The van der Waals surface area contributed by atoms with Gasteiger partial charge >= 0.3 is 0 Å². The number of amides is 1. The highest BCUT2D eigenvalue weighted by Crippen LogP contribution is 2.42. The van der Waals surface area contributed by atoms with Crippen LogP contribution in [0.5, 0.6) is 0 Å². The molecule has 21 heavy (non-hydrogen) atoms. The summed E-state index contributed by atoms with van der Waals surface area (Å²) in [7, 11) is 0. The van der Waals surface area contributed by atoms with Gasteiger partial charge in [0.25, 0.3) is 0 Å². The van der Waals surface area contributed by atoms with Crippen LogP contribution in [-0.2, 0) is 11.2 Å². The number of fused-ring (bicyclic) bond motifs is 4. The molecule has 0 radical (unpaired) electrons. The summed E-state index contributed by atoms with van der Waals surface area (Å²) in [6.45, 7) is 1.90. The van der Waals surface area contributed by atoms with E-state index >= 15 is 0 Å². The van der Waals surface area contributed by atoms with Gasteiger partial charge < -0.3 is 4.90 Å². The van der Waals surface area contributed by atoms with Gasteiger partial charge in [0.2, 0.25) is 6.41 Å². The maximum absolute atomic E-state index is 11.4. The van der Waals surface area contributed by atoms with Crippen LogP contribution in [0.3, 0.4) is 0 Å². The fourth-order valence-electron chi connectivity index (χ4n) is 3.68. The fraction of sp³-hybridized carbons (Fsp3) is 0.467. The first-order valence-corrected chi connectivity index (χ1v) is 7.38. The average Bonchev–Trinajstić information content (AvgIpc) is 3.01. The minimum Gasteiger partial charge on any atom is -0.333 e. The van der Waals surface area contributed by atoms with Crippen molar-refractivity contribution in [1.82, 2.24) is 25.1 Å². The Labute approximate surface area is 122 Å². The third-order valence-electron chi connectivity index (χ3n) is 4.58. The first kappa shape index (κ1) is 12.5. The molecule has 1 amide bonds. The summed E-state index contributed by atoms with van der Waals surface area (Å²) >= 11 is 0. The van der Waals surface area contributed by atoms with Crippen LogP contribution in [0.4, 0.5) is 0 Å². The summed E-state index contributed by atoms with van der Waals surface area (Å²) in [5.74, 6) is 0.744. The molecule has 2 aliphatic heterocycles. The molecule has 2 aromatic rings. The van der Waals surface area contributed by atoms with Crippen LogP contribution in [0.2, 0.25) is 0 Å².